The highest BCUT2D eigenvalue weighted by molar-refractivity contribution is 9.10. The number of anilines is 1. The molecule has 0 unspecified atom stereocenters. The van der Waals surface area contributed by atoms with Gasteiger partial charge >= 0.3 is 0 Å². The zero-order chi connectivity index (χ0) is 14.5. The highest BCUT2D eigenvalue weighted by Crippen LogP contribution is 2.27. The Kier molecular flexibility index (Phi) is 4.65. The molecule has 1 aromatic heterocycles. The average molecular weight is 338 g/mol. The van der Waals surface area contributed by atoms with Crippen LogP contribution >= 0.6 is 15.9 Å². The van der Waals surface area contributed by atoms with Gasteiger partial charge in [0.25, 0.3) is 5.69 Å². The van der Waals surface area contributed by atoms with Gasteiger partial charge in [0, 0.05) is 13.1 Å². The lowest BCUT2D eigenvalue weighted by atomic mass is 10.2. The van der Waals surface area contributed by atoms with Crippen molar-refractivity contribution in [1.29, 1.82) is 0 Å². The molecule has 0 aliphatic heterocycles. The number of aromatic nitrogens is 1. The minimum Gasteiger partial charge on any atom is -0.267 e. The van der Waals surface area contributed by atoms with Gasteiger partial charge in [-0.25, -0.2) is 10.0 Å². The summed E-state index contributed by atoms with van der Waals surface area (Å²) < 4.78 is 0.502. The fourth-order valence-electron chi connectivity index (χ4n) is 1.56. The van der Waals surface area contributed by atoms with Crippen molar-refractivity contribution in [1.82, 2.24) is 4.98 Å². The number of hydrogen-bond acceptors (Lipinski definition) is 5. The first kappa shape index (κ1) is 14.4. The first-order valence-electron chi connectivity index (χ1n) is 5.78. The molecule has 2 aromatic rings. The summed E-state index contributed by atoms with van der Waals surface area (Å²) in [6.07, 6.45) is 1.20. The van der Waals surface area contributed by atoms with E-state index in [1.165, 1.54) is 17.3 Å². The summed E-state index contributed by atoms with van der Waals surface area (Å²) in [6, 6.07) is 11.1. The Bertz CT molecular complexity index is 607. The second-order valence-electron chi connectivity index (χ2n) is 4.01. The van der Waals surface area contributed by atoms with Crippen LogP contribution in [0.3, 0.4) is 0 Å². The van der Waals surface area contributed by atoms with Crippen LogP contribution in [0, 0.1) is 10.1 Å². The van der Waals surface area contributed by atoms with E-state index >= 15 is 0 Å². The lowest BCUT2D eigenvalue weighted by Gasteiger charge is -2.18. The first-order chi connectivity index (χ1) is 9.58. The SMILES string of the molecule is CN(OCc1ccccc1)c1ncc([N+](=O)[O-])cc1Br. The normalized spacial score (nSPS) is 10.3. The maximum atomic E-state index is 10.6. The number of nitrogens with zero attached hydrogens (tertiary/aromatic N) is 3. The number of benzene rings is 1. The maximum absolute atomic E-state index is 10.6. The Morgan fingerprint density at radius 1 is 1.40 bits per heavy atom. The smallest absolute Gasteiger partial charge is 0.267 e. The number of hydroxylamine groups is 1. The van der Waals surface area contributed by atoms with Gasteiger partial charge in [-0.2, -0.15) is 0 Å². The molecule has 1 aromatic carbocycles. The van der Waals surface area contributed by atoms with Crippen LogP contribution in [0.5, 0.6) is 0 Å². The largest absolute Gasteiger partial charge is 0.288 e. The molecule has 104 valence electrons. The lowest BCUT2D eigenvalue weighted by molar-refractivity contribution is -0.385. The minimum absolute atomic E-state index is 0.0721. The zero-order valence-corrected chi connectivity index (χ0v) is 12.3. The van der Waals surface area contributed by atoms with Crippen LogP contribution in [-0.4, -0.2) is 17.0 Å². The highest BCUT2D eigenvalue weighted by atomic mass is 79.9. The summed E-state index contributed by atoms with van der Waals surface area (Å²) in [5, 5.41) is 12.1. The van der Waals surface area contributed by atoms with Crippen LogP contribution < -0.4 is 5.06 Å². The maximum Gasteiger partial charge on any atom is 0.288 e. The monoisotopic (exact) mass is 337 g/mol. The van der Waals surface area contributed by atoms with Crippen LogP contribution in [0.25, 0.3) is 0 Å². The second-order valence-corrected chi connectivity index (χ2v) is 4.87. The van der Waals surface area contributed by atoms with E-state index < -0.39 is 4.92 Å². The van der Waals surface area contributed by atoms with Gasteiger partial charge in [0.15, 0.2) is 5.82 Å². The third-order valence-corrected chi connectivity index (χ3v) is 3.17. The van der Waals surface area contributed by atoms with Gasteiger partial charge < -0.3 is 0 Å². The molecule has 0 saturated carbocycles. The summed E-state index contributed by atoms with van der Waals surface area (Å²) in [7, 11) is 1.70. The minimum atomic E-state index is -0.494. The molecule has 0 aliphatic rings. The van der Waals surface area contributed by atoms with E-state index in [0.717, 1.165) is 5.56 Å². The first-order valence-corrected chi connectivity index (χ1v) is 6.57. The van der Waals surface area contributed by atoms with Crippen molar-refractivity contribution in [3.8, 4) is 0 Å². The molecule has 0 aliphatic carbocycles. The predicted octanol–water partition coefficient (Wildman–Crippen LogP) is 3.32. The molecule has 0 amide bonds. The van der Waals surface area contributed by atoms with E-state index in [1.807, 2.05) is 30.3 Å². The van der Waals surface area contributed by atoms with Crippen molar-refractivity contribution < 1.29 is 9.76 Å². The number of rotatable bonds is 5. The Morgan fingerprint density at radius 2 is 2.10 bits per heavy atom. The van der Waals surface area contributed by atoms with Crippen LogP contribution in [0.1, 0.15) is 5.56 Å². The van der Waals surface area contributed by atoms with E-state index in [4.69, 9.17) is 4.84 Å². The molecule has 0 saturated heterocycles. The van der Waals surface area contributed by atoms with Crippen LogP contribution in [0.15, 0.2) is 47.1 Å². The molecule has 0 atom stereocenters. The van der Waals surface area contributed by atoms with E-state index in [2.05, 4.69) is 20.9 Å². The molecule has 7 heteroatoms. The zero-order valence-electron chi connectivity index (χ0n) is 10.7. The van der Waals surface area contributed by atoms with E-state index in [1.54, 1.807) is 7.05 Å². The van der Waals surface area contributed by atoms with Gasteiger partial charge in [-0.1, -0.05) is 30.3 Å². The number of halogens is 1. The van der Waals surface area contributed by atoms with Crippen molar-refractivity contribution >= 4 is 27.4 Å². The summed E-state index contributed by atoms with van der Waals surface area (Å²) in [4.78, 5) is 19.7. The van der Waals surface area contributed by atoms with Crippen molar-refractivity contribution in [2.24, 2.45) is 0 Å². The Hall–Kier alpha value is -1.99. The molecule has 2 rings (SSSR count). The second kappa shape index (κ2) is 6.44. The predicted molar refractivity (Wildman–Crippen MR) is 78.2 cm³/mol. The van der Waals surface area contributed by atoms with E-state index in [-0.39, 0.29) is 5.69 Å². The fraction of sp³-hybridized carbons (Fsp3) is 0.154. The van der Waals surface area contributed by atoms with Crippen molar-refractivity contribution in [2.75, 3.05) is 12.1 Å². The van der Waals surface area contributed by atoms with Crippen molar-refractivity contribution in [3.05, 3.63) is 62.7 Å². The van der Waals surface area contributed by atoms with Gasteiger partial charge in [0.1, 0.15) is 6.20 Å². The molecule has 0 radical (unpaired) electrons. The topological polar surface area (TPSA) is 68.5 Å². The molecule has 0 bridgehead atoms. The molecule has 6 nitrogen and oxygen atoms in total. The number of nitro groups is 1. The Labute approximate surface area is 124 Å². The van der Waals surface area contributed by atoms with Crippen LogP contribution in [-0.2, 0) is 11.4 Å². The fourth-order valence-corrected chi connectivity index (χ4v) is 2.15. The molecule has 0 spiro atoms. The van der Waals surface area contributed by atoms with E-state index in [9.17, 15) is 10.1 Å². The summed E-state index contributed by atoms with van der Waals surface area (Å²) in [5.74, 6) is 0.478. The Morgan fingerprint density at radius 3 is 2.70 bits per heavy atom. The van der Waals surface area contributed by atoms with Crippen molar-refractivity contribution in [3.63, 3.8) is 0 Å². The lowest BCUT2D eigenvalue weighted by Crippen LogP contribution is -2.19. The van der Waals surface area contributed by atoms with E-state index in [0.29, 0.717) is 16.9 Å². The standard InChI is InChI=1S/C13H12BrN3O3/c1-16(20-9-10-5-3-2-4-6-10)13-12(14)7-11(8-15-13)17(18)19/h2-8H,9H2,1H3. The third kappa shape index (κ3) is 3.52. The van der Waals surface area contributed by atoms with Gasteiger partial charge in [-0.15, -0.1) is 0 Å². The number of pyridine rings is 1. The van der Waals surface area contributed by atoms with Crippen molar-refractivity contribution in [2.45, 2.75) is 6.61 Å². The molecular weight excluding hydrogens is 326 g/mol. The highest BCUT2D eigenvalue weighted by Gasteiger charge is 2.14. The summed E-state index contributed by atoms with van der Waals surface area (Å²) in [5.41, 5.74) is 0.953. The quantitative estimate of drug-likeness (QED) is 0.618. The van der Waals surface area contributed by atoms with Gasteiger partial charge in [-0.05, 0) is 21.5 Å². The molecule has 0 fully saturated rings. The summed E-state index contributed by atoms with van der Waals surface area (Å²) in [6.45, 7) is 0.391. The molecule has 0 N–H and O–H groups in total. The Balaban J connectivity index is 2.06. The summed E-state index contributed by atoms with van der Waals surface area (Å²) >= 11 is 3.25. The molecular formula is C13H12BrN3O3. The van der Waals surface area contributed by atoms with Crippen LogP contribution in [0.4, 0.5) is 11.5 Å². The number of hydrogen-bond donors (Lipinski definition) is 0. The molecule has 20 heavy (non-hydrogen) atoms. The van der Waals surface area contributed by atoms with Gasteiger partial charge in [-0.3, -0.25) is 15.0 Å². The molecule has 1 heterocycles. The average Bonchev–Trinajstić information content (AvgIpc) is 2.45. The van der Waals surface area contributed by atoms with Crippen LogP contribution in [0.2, 0.25) is 0 Å². The van der Waals surface area contributed by atoms with Gasteiger partial charge in [0.2, 0.25) is 0 Å². The van der Waals surface area contributed by atoms with Gasteiger partial charge in [0.05, 0.1) is 16.0 Å². The third-order valence-electron chi connectivity index (χ3n) is 2.58.